The first kappa shape index (κ1) is 13.0. The molecule has 1 aromatic rings. The molecule has 7 nitrogen and oxygen atoms in total. The van der Waals surface area contributed by atoms with Crippen molar-refractivity contribution in [2.45, 2.75) is 12.0 Å². The fourth-order valence-electron chi connectivity index (χ4n) is 2.51. The SMILES string of the molecule is O=C1NC(=O)C2(CCN(C(=O)c3cncc(Br)c3)C2)N1. The molecule has 0 radical (unpaired) electrons. The predicted octanol–water partition coefficient (Wildman–Crippen LogP) is 0.268. The zero-order chi connectivity index (χ0) is 14.3. The molecule has 0 saturated carbocycles. The smallest absolute Gasteiger partial charge is 0.322 e. The van der Waals surface area contributed by atoms with Gasteiger partial charge in [-0.25, -0.2) is 4.79 Å². The molecule has 0 aromatic carbocycles. The zero-order valence-electron chi connectivity index (χ0n) is 10.4. The third-order valence-electron chi connectivity index (χ3n) is 3.52. The van der Waals surface area contributed by atoms with Gasteiger partial charge in [0.15, 0.2) is 0 Å². The summed E-state index contributed by atoms with van der Waals surface area (Å²) in [5, 5.41) is 4.82. The number of nitrogens with zero attached hydrogens (tertiary/aromatic N) is 2. The van der Waals surface area contributed by atoms with Crippen LogP contribution in [-0.4, -0.2) is 46.4 Å². The Morgan fingerprint density at radius 3 is 2.85 bits per heavy atom. The van der Waals surface area contributed by atoms with Crippen molar-refractivity contribution in [2.75, 3.05) is 13.1 Å². The number of halogens is 1. The van der Waals surface area contributed by atoms with Crippen LogP contribution in [0, 0.1) is 0 Å². The van der Waals surface area contributed by atoms with Crippen LogP contribution >= 0.6 is 15.9 Å². The highest BCUT2D eigenvalue weighted by Gasteiger charge is 2.51. The van der Waals surface area contributed by atoms with Gasteiger partial charge in [-0.2, -0.15) is 0 Å². The normalized spacial score (nSPS) is 24.9. The number of carbonyl (C=O) groups excluding carboxylic acids is 3. The van der Waals surface area contributed by atoms with Crippen LogP contribution < -0.4 is 10.6 Å². The summed E-state index contributed by atoms with van der Waals surface area (Å²) in [5.74, 6) is -0.574. The number of pyridine rings is 1. The van der Waals surface area contributed by atoms with Crippen molar-refractivity contribution in [3.05, 3.63) is 28.5 Å². The Kier molecular flexibility index (Phi) is 2.97. The Morgan fingerprint density at radius 2 is 2.20 bits per heavy atom. The maximum Gasteiger partial charge on any atom is 0.322 e. The first-order valence-corrected chi connectivity index (χ1v) is 6.83. The lowest BCUT2D eigenvalue weighted by Crippen LogP contribution is -2.49. The molecule has 2 aliphatic heterocycles. The van der Waals surface area contributed by atoms with Gasteiger partial charge in [-0.1, -0.05) is 0 Å². The first-order chi connectivity index (χ1) is 9.50. The molecule has 3 rings (SSSR count). The second kappa shape index (κ2) is 4.55. The van der Waals surface area contributed by atoms with Gasteiger partial charge >= 0.3 is 6.03 Å². The second-order valence-electron chi connectivity index (χ2n) is 4.86. The van der Waals surface area contributed by atoms with Crippen LogP contribution in [0.1, 0.15) is 16.8 Å². The minimum Gasteiger partial charge on any atom is -0.336 e. The summed E-state index contributed by atoms with van der Waals surface area (Å²) in [6, 6.07) is 1.17. The average Bonchev–Trinajstić information content (AvgIpc) is 2.94. The van der Waals surface area contributed by atoms with Crippen molar-refractivity contribution >= 4 is 33.8 Å². The molecule has 2 aliphatic rings. The van der Waals surface area contributed by atoms with Crippen molar-refractivity contribution in [3.63, 3.8) is 0 Å². The molecule has 1 aromatic heterocycles. The van der Waals surface area contributed by atoms with E-state index in [0.29, 0.717) is 23.0 Å². The Morgan fingerprint density at radius 1 is 1.40 bits per heavy atom. The molecule has 1 atom stereocenters. The number of aromatic nitrogens is 1. The maximum atomic E-state index is 12.3. The lowest BCUT2D eigenvalue weighted by atomic mass is 9.99. The number of likely N-dealkylation sites (tertiary alicyclic amines) is 1. The Balaban J connectivity index is 1.79. The molecule has 8 heteroatoms. The van der Waals surface area contributed by atoms with E-state index in [1.165, 1.54) is 6.20 Å². The minimum atomic E-state index is -0.980. The van der Waals surface area contributed by atoms with Crippen LogP contribution in [0.5, 0.6) is 0 Å². The lowest BCUT2D eigenvalue weighted by molar-refractivity contribution is -0.123. The van der Waals surface area contributed by atoms with E-state index < -0.39 is 11.6 Å². The molecule has 104 valence electrons. The quantitative estimate of drug-likeness (QED) is 0.719. The topological polar surface area (TPSA) is 91.4 Å². The van der Waals surface area contributed by atoms with Crippen molar-refractivity contribution in [1.29, 1.82) is 0 Å². The maximum absolute atomic E-state index is 12.3. The van der Waals surface area contributed by atoms with E-state index in [2.05, 4.69) is 31.5 Å². The molecule has 3 heterocycles. The van der Waals surface area contributed by atoms with E-state index in [1.54, 1.807) is 17.2 Å². The summed E-state index contributed by atoms with van der Waals surface area (Å²) in [6.07, 6.45) is 3.48. The number of rotatable bonds is 1. The van der Waals surface area contributed by atoms with Gasteiger partial charge in [0, 0.05) is 23.4 Å². The molecule has 2 fully saturated rings. The Hall–Kier alpha value is -1.96. The summed E-state index contributed by atoms with van der Waals surface area (Å²) < 4.78 is 0.712. The second-order valence-corrected chi connectivity index (χ2v) is 5.77. The van der Waals surface area contributed by atoms with Crippen LogP contribution in [0.4, 0.5) is 4.79 Å². The molecule has 2 N–H and O–H groups in total. The fourth-order valence-corrected chi connectivity index (χ4v) is 2.87. The van der Waals surface area contributed by atoms with Gasteiger partial charge < -0.3 is 10.2 Å². The highest BCUT2D eigenvalue weighted by Crippen LogP contribution is 2.26. The van der Waals surface area contributed by atoms with Gasteiger partial charge in [-0.15, -0.1) is 0 Å². The van der Waals surface area contributed by atoms with E-state index in [4.69, 9.17) is 0 Å². The number of carbonyl (C=O) groups is 3. The molecule has 4 amide bonds. The van der Waals surface area contributed by atoms with Crippen LogP contribution in [0.25, 0.3) is 0 Å². The summed E-state index contributed by atoms with van der Waals surface area (Å²) in [7, 11) is 0. The number of imide groups is 1. The number of hydrogen-bond acceptors (Lipinski definition) is 4. The van der Waals surface area contributed by atoms with Gasteiger partial charge in [0.2, 0.25) is 0 Å². The molecular weight excluding hydrogens is 328 g/mol. The number of amides is 4. The molecule has 1 unspecified atom stereocenters. The fraction of sp³-hybridized carbons (Fsp3) is 0.333. The largest absolute Gasteiger partial charge is 0.336 e. The van der Waals surface area contributed by atoms with E-state index >= 15 is 0 Å². The summed E-state index contributed by atoms with van der Waals surface area (Å²) in [6.45, 7) is 0.592. The average molecular weight is 339 g/mol. The lowest BCUT2D eigenvalue weighted by Gasteiger charge is -2.21. The number of hydrogen-bond donors (Lipinski definition) is 2. The molecule has 2 saturated heterocycles. The van der Waals surface area contributed by atoms with Crippen LogP contribution in [0.15, 0.2) is 22.9 Å². The predicted molar refractivity (Wildman–Crippen MR) is 71.9 cm³/mol. The van der Waals surface area contributed by atoms with E-state index in [0.717, 1.165) is 0 Å². The third-order valence-corrected chi connectivity index (χ3v) is 3.96. The molecule has 20 heavy (non-hydrogen) atoms. The van der Waals surface area contributed by atoms with Crippen LogP contribution in [-0.2, 0) is 4.79 Å². The molecular formula is C12H11BrN4O3. The van der Waals surface area contributed by atoms with Gasteiger partial charge in [0.1, 0.15) is 5.54 Å². The Bertz CT molecular complexity index is 620. The van der Waals surface area contributed by atoms with Crippen molar-refractivity contribution in [2.24, 2.45) is 0 Å². The molecule has 0 bridgehead atoms. The van der Waals surface area contributed by atoms with Gasteiger partial charge in [0.05, 0.1) is 12.1 Å². The van der Waals surface area contributed by atoms with Crippen molar-refractivity contribution in [3.8, 4) is 0 Å². The number of nitrogens with one attached hydrogen (secondary N) is 2. The summed E-state index contributed by atoms with van der Waals surface area (Å²) in [4.78, 5) is 40.9. The van der Waals surface area contributed by atoms with Gasteiger partial charge in [-0.05, 0) is 28.4 Å². The third kappa shape index (κ3) is 2.05. The minimum absolute atomic E-state index is 0.177. The standard InChI is InChI=1S/C12H11BrN4O3/c13-8-3-7(4-14-5-8)9(18)17-2-1-12(6-17)10(19)15-11(20)16-12/h3-5H,1-2,6H2,(H2,15,16,19,20). The highest BCUT2D eigenvalue weighted by atomic mass is 79.9. The highest BCUT2D eigenvalue weighted by molar-refractivity contribution is 9.10. The first-order valence-electron chi connectivity index (χ1n) is 6.04. The van der Waals surface area contributed by atoms with Gasteiger partial charge in [-0.3, -0.25) is 19.9 Å². The van der Waals surface area contributed by atoms with Crippen LogP contribution in [0.2, 0.25) is 0 Å². The van der Waals surface area contributed by atoms with E-state index in [1.807, 2.05) is 0 Å². The summed E-state index contributed by atoms with van der Waals surface area (Å²) >= 11 is 3.26. The van der Waals surface area contributed by atoms with Gasteiger partial charge in [0.25, 0.3) is 11.8 Å². The molecule has 0 aliphatic carbocycles. The van der Waals surface area contributed by atoms with E-state index in [-0.39, 0.29) is 18.4 Å². The van der Waals surface area contributed by atoms with Crippen LogP contribution in [0.3, 0.4) is 0 Å². The number of urea groups is 1. The monoisotopic (exact) mass is 338 g/mol. The summed E-state index contributed by atoms with van der Waals surface area (Å²) in [5.41, 5.74) is -0.534. The molecule has 1 spiro atoms. The Labute approximate surface area is 122 Å². The van der Waals surface area contributed by atoms with Crippen molar-refractivity contribution in [1.82, 2.24) is 20.5 Å². The van der Waals surface area contributed by atoms with Crippen molar-refractivity contribution < 1.29 is 14.4 Å². The zero-order valence-corrected chi connectivity index (χ0v) is 11.9. The van der Waals surface area contributed by atoms with E-state index in [9.17, 15) is 14.4 Å².